The van der Waals surface area contributed by atoms with Crippen LogP contribution in [-0.2, 0) is 28.6 Å². The van der Waals surface area contributed by atoms with Crippen LogP contribution in [0.2, 0.25) is 0 Å². The fourth-order valence-electron chi connectivity index (χ4n) is 2.05. The highest BCUT2D eigenvalue weighted by Gasteiger charge is 2.27. The molecular formula is C16H22O7. The van der Waals surface area contributed by atoms with Gasteiger partial charge in [-0.05, 0) is 26.3 Å². The highest BCUT2D eigenvalue weighted by Crippen LogP contribution is 2.16. The molecule has 4 atom stereocenters. The Morgan fingerprint density at radius 1 is 1.35 bits per heavy atom. The lowest BCUT2D eigenvalue weighted by molar-refractivity contribution is -0.163. The summed E-state index contributed by atoms with van der Waals surface area (Å²) >= 11 is 0. The first-order chi connectivity index (χ1) is 10.8. The fourth-order valence-corrected chi connectivity index (χ4v) is 2.05. The van der Waals surface area contributed by atoms with Gasteiger partial charge in [0.2, 0.25) is 0 Å². The fraction of sp³-hybridized carbons (Fsp3) is 0.562. The summed E-state index contributed by atoms with van der Waals surface area (Å²) in [6.07, 6.45) is 2.13. The second kappa shape index (κ2) is 9.09. The van der Waals surface area contributed by atoms with Gasteiger partial charge in [-0.25, -0.2) is 4.79 Å². The molecule has 0 aromatic carbocycles. The van der Waals surface area contributed by atoms with Crippen LogP contribution in [0.25, 0.3) is 0 Å². The molecule has 0 aliphatic carbocycles. The SMILES string of the molecule is C/C=C/C(=O)O[C@@H]1/C=C/[C@H](O)[C@H](OC(C)=O)CCC(=O)O[C@@H]1C. The highest BCUT2D eigenvalue weighted by atomic mass is 16.6. The van der Waals surface area contributed by atoms with Gasteiger partial charge >= 0.3 is 17.9 Å². The number of aliphatic hydroxyl groups excluding tert-OH is 1. The second-order valence-corrected chi connectivity index (χ2v) is 5.16. The lowest BCUT2D eigenvalue weighted by Crippen LogP contribution is -2.35. The monoisotopic (exact) mass is 326 g/mol. The largest absolute Gasteiger partial charge is 0.459 e. The van der Waals surface area contributed by atoms with Crippen molar-refractivity contribution in [3.05, 3.63) is 24.3 Å². The van der Waals surface area contributed by atoms with Crippen LogP contribution < -0.4 is 0 Å². The maximum atomic E-state index is 11.8. The minimum atomic E-state index is -1.11. The quantitative estimate of drug-likeness (QED) is 0.358. The van der Waals surface area contributed by atoms with Crippen LogP contribution in [0.5, 0.6) is 0 Å². The van der Waals surface area contributed by atoms with Crippen molar-refractivity contribution >= 4 is 17.9 Å². The molecule has 1 rings (SSSR count). The summed E-state index contributed by atoms with van der Waals surface area (Å²) in [5.41, 5.74) is 0. The molecule has 7 heteroatoms. The van der Waals surface area contributed by atoms with Crippen LogP contribution >= 0.6 is 0 Å². The van der Waals surface area contributed by atoms with E-state index in [4.69, 9.17) is 14.2 Å². The van der Waals surface area contributed by atoms with E-state index in [1.807, 2.05) is 0 Å². The van der Waals surface area contributed by atoms with E-state index in [0.29, 0.717) is 0 Å². The molecule has 0 radical (unpaired) electrons. The molecule has 0 bridgehead atoms. The van der Waals surface area contributed by atoms with Gasteiger partial charge in [-0.3, -0.25) is 9.59 Å². The van der Waals surface area contributed by atoms with Gasteiger partial charge in [-0.1, -0.05) is 12.2 Å². The van der Waals surface area contributed by atoms with E-state index in [2.05, 4.69) is 0 Å². The summed E-state index contributed by atoms with van der Waals surface area (Å²) < 4.78 is 15.4. The Kier molecular flexibility index (Phi) is 7.47. The molecule has 0 fully saturated rings. The molecule has 0 amide bonds. The summed E-state index contributed by atoms with van der Waals surface area (Å²) in [6.45, 7) is 4.48. The standard InChI is InChI=1S/C16H22O7/c1-4-5-15(19)23-13-7-6-12(18)14(22-11(3)17)8-9-16(20)21-10(13)2/h4-7,10,12-14,18H,8-9H2,1-3H3/b5-4+,7-6+/t10-,12+,13-,14-/m1/s1. The number of aliphatic hydroxyl groups is 1. The molecule has 128 valence electrons. The minimum absolute atomic E-state index is 0.0251. The van der Waals surface area contributed by atoms with E-state index in [1.54, 1.807) is 13.8 Å². The van der Waals surface area contributed by atoms with Crippen molar-refractivity contribution in [1.82, 2.24) is 0 Å². The van der Waals surface area contributed by atoms with Crippen LogP contribution in [0.15, 0.2) is 24.3 Å². The number of hydrogen-bond acceptors (Lipinski definition) is 7. The first kappa shape index (κ1) is 18.9. The zero-order valence-corrected chi connectivity index (χ0v) is 13.4. The van der Waals surface area contributed by atoms with Crippen LogP contribution in [0.3, 0.4) is 0 Å². The van der Waals surface area contributed by atoms with E-state index in [9.17, 15) is 19.5 Å². The number of allylic oxidation sites excluding steroid dienone is 1. The Morgan fingerprint density at radius 3 is 2.65 bits per heavy atom. The molecular weight excluding hydrogens is 304 g/mol. The van der Waals surface area contributed by atoms with Crippen LogP contribution in [0.4, 0.5) is 0 Å². The molecule has 1 aliphatic heterocycles. The summed E-state index contributed by atoms with van der Waals surface area (Å²) in [7, 11) is 0. The summed E-state index contributed by atoms with van der Waals surface area (Å²) in [4.78, 5) is 34.4. The maximum absolute atomic E-state index is 11.8. The summed E-state index contributed by atoms with van der Waals surface area (Å²) in [5.74, 6) is -1.67. The molecule has 7 nitrogen and oxygen atoms in total. The van der Waals surface area contributed by atoms with Crippen molar-refractivity contribution in [2.75, 3.05) is 0 Å². The minimum Gasteiger partial charge on any atom is -0.459 e. The summed E-state index contributed by atoms with van der Waals surface area (Å²) in [6, 6.07) is 0. The molecule has 1 heterocycles. The topological polar surface area (TPSA) is 99.1 Å². The van der Waals surface area contributed by atoms with Crippen molar-refractivity contribution in [1.29, 1.82) is 0 Å². The van der Waals surface area contributed by atoms with Crippen molar-refractivity contribution < 1.29 is 33.7 Å². The number of hydrogen-bond donors (Lipinski definition) is 1. The van der Waals surface area contributed by atoms with Gasteiger partial charge in [0.1, 0.15) is 18.3 Å². The number of carbonyl (C=O) groups excluding carboxylic acids is 3. The Labute approximate surface area is 134 Å². The van der Waals surface area contributed by atoms with Gasteiger partial charge in [0.25, 0.3) is 0 Å². The number of rotatable bonds is 3. The van der Waals surface area contributed by atoms with Crippen molar-refractivity contribution in [2.45, 2.75) is 58.0 Å². The molecule has 23 heavy (non-hydrogen) atoms. The average molecular weight is 326 g/mol. The van der Waals surface area contributed by atoms with Crippen LogP contribution in [0, 0.1) is 0 Å². The molecule has 0 spiro atoms. The Hall–Kier alpha value is -2.15. The Morgan fingerprint density at radius 2 is 2.04 bits per heavy atom. The predicted molar refractivity (Wildman–Crippen MR) is 80.2 cm³/mol. The van der Waals surface area contributed by atoms with E-state index in [0.717, 1.165) is 0 Å². The lowest BCUT2D eigenvalue weighted by Gasteiger charge is -2.25. The van der Waals surface area contributed by atoms with Gasteiger partial charge in [-0.2, -0.15) is 0 Å². The molecule has 1 N–H and O–H groups in total. The number of ether oxygens (including phenoxy) is 3. The first-order valence-corrected chi connectivity index (χ1v) is 7.40. The Bertz CT molecular complexity index is 495. The third-order valence-corrected chi connectivity index (χ3v) is 3.16. The zero-order valence-electron chi connectivity index (χ0n) is 13.4. The second-order valence-electron chi connectivity index (χ2n) is 5.16. The van der Waals surface area contributed by atoms with Crippen LogP contribution in [0.1, 0.15) is 33.6 Å². The predicted octanol–water partition coefficient (Wildman–Crippen LogP) is 1.05. The van der Waals surface area contributed by atoms with Crippen molar-refractivity contribution in [3.63, 3.8) is 0 Å². The highest BCUT2D eigenvalue weighted by molar-refractivity contribution is 5.82. The van der Waals surface area contributed by atoms with Gasteiger partial charge in [0, 0.05) is 19.4 Å². The van der Waals surface area contributed by atoms with E-state index in [-0.39, 0.29) is 12.8 Å². The number of carbonyl (C=O) groups is 3. The van der Waals surface area contributed by atoms with E-state index >= 15 is 0 Å². The molecule has 1 aliphatic rings. The van der Waals surface area contributed by atoms with Crippen LogP contribution in [-0.4, -0.2) is 47.4 Å². The smallest absolute Gasteiger partial charge is 0.331 e. The molecule has 0 aromatic rings. The number of cyclic esters (lactones) is 1. The normalized spacial score (nSPS) is 30.3. The Balaban J connectivity index is 2.93. The number of esters is 3. The van der Waals surface area contributed by atoms with Gasteiger partial charge in [0.05, 0.1) is 0 Å². The van der Waals surface area contributed by atoms with Crippen molar-refractivity contribution in [2.24, 2.45) is 0 Å². The molecule has 0 saturated heterocycles. The molecule has 0 unspecified atom stereocenters. The van der Waals surface area contributed by atoms with Gasteiger partial charge in [0.15, 0.2) is 6.10 Å². The maximum Gasteiger partial charge on any atom is 0.331 e. The third kappa shape index (κ3) is 6.65. The van der Waals surface area contributed by atoms with Gasteiger partial charge < -0.3 is 19.3 Å². The molecule has 0 aromatic heterocycles. The first-order valence-electron chi connectivity index (χ1n) is 7.40. The van der Waals surface area contributed by atoms with Crippen molar-refractivity contribution in [3.8, 4) is 0 Å². The van der Waals surface area contributed by atoms with E-state index < -0.39 is 42.3 Å². The average Bonchev–Trinajstić information content (AvgIpc) is 2.46. The van der Waals surface area contributed by atoms with E-state index in [1.165, 1.54) is 31.2 Å². The zero-order chi connectivity index (χ0) is 17.4. The summed E-state index contributed by atoms with van der Waals surface area (Å²) in [5, 5.41) is 10.1. The third-order valence-electron chi connectivity index (χ3n) is 3.16. The lowest BCUT2D eigenvalue weighted by atomic mass is 10.0. The molecule has 0 saturated carbocycles. The van der Waals surface area contributed by atoms with Gasteiger partial charge in [-0.15, -0.1) is 0 Å².